The third-order valence-electron chi connectivity index (χ3n) is 4.94. The van der Waals surface area contributed by atoms with Gasteiger partial charge < -0.3 is 25.4 Å². The van der Waals surface area contributed by atoms with Crippen molar-refractivity contribution in [3.05, 3.63) is 0 Å². The zero-order chi connectivity index (χ0) is 19.2. The van der Waals surface area contributed by atoms with Crippen molar-refractivity contribution < 1.29 is 24.2 Å². The highest BCUT2D eigenvalue weighted by atomic mass is 16.5. The number of ether oxygens (including phenoxy) is 1. The number of hydrogen-bond donors (Lipinski definition) is 3. The number of amides is 3. The van der Waals surface area contributed by atoms with Crippen molar-refractivity contribution in [1.29, 1.82) is 0 Å². The lowest BCUT2D eigenvalue weighted by atomic mass is 9.91. The van der Waals surface area contributed by atoms with Crippen molar-refractivity contribution in [2.24, 2.45) is 11.8 Å². The molecule has 2 aliphatic heterocycles. The molecule has 0 aromatic rings. The van der Waals surface area contributed by atoms with Gasteiger partial charge in [-0.15, -0.1) is 0 Å². The number of hydrogen-bond acceptors (Lipinski definition) is 4. The van der Waals surface area contributed by atoms with Crippen LogP contribution in [0.25, 0.3) is 0 Å². The number of nitrogens with zero attached hydrogens (tertiary/aromatic N) is 1. The summed E-state index contributed by atoms with van der Waals surface area (Å²) >= 11 is 0. The minimum Gasteiger partial charge on any atom is -0.481 e. The van der Waals surface area contributed by atoms with E-state index in [4.69, 9.17) is 9.84 Å². The fraction of sp³-hybridized carbons (Fsp3) is 0.833. The number of carboxylic acid groups (broad SMARTS) is 1. The Hall–Kier alpha value is -1.83. The molecule has 0 saturated carbocycles. The molecule has 8 heteroatoms. The molecule has 3 N–H and O–H groups in total. The maximum atomic E-state index is 12.5. The molecule has 0 bridgehead atoms. The Morgan fingerprint density at radius 3 is 2.73 bits per heavy atom. The highest BCUT2D eigenvalue weighted by Crippen LogP contribution is 2.25. The minimum atomic E-state index is -0.943. The Bertz CT molecular complexity index is 517. The van der Waals surface area contributed by atoms with E-state index >= 15 is 0 Å². The molecule has 0 spiro atoms. The van der Waals surface area contributed by atoms with Gasteiger partial charge in [0.25, 0.3) is 0 Å². The Morgan fingerprint density at radius 2 is 2.12 bits per heavy atom. The molecular formula is C18H31N3O5. The molecule has 2 rings (SSSR count). The minimum absolute atomic E-state index is 0.0738. The SMILES string of the molecule is CC(C)CNC(=O)N1CCCC(CC(=O)NC2(CC(=O)O)CCOC2)C1. The van der Waals surface area contributed by atoms with E-state index in [2.05, 4.69) is 10.6 Å². The molecule has 2 fully saturated rings. The molecule has 8 nitrogen and oxygen atoms in total. The second-order valence-corrected chi connectivity index (χ2v) is 7.94. The molecular weight excluding hydrogens is 338 g/mol. The first kappa shape index (κ1) is 20.5. The number of carbonyl (C=O) groups is 3. The molecule has 26 heavy (non-hydrogen) atoms. The summed E-state index contributed by atoms with van der Waals surface area (Å²) in [5.74, 6) is -0.616. The van der Waals surface area contributed by atoms with Crippen LogP contribution in [0.4, 0.5) is 4.79 Å². The predicted molar refractivity (Wildman–Crippen MR) is 95.7 cm³/mol. The van der Waals surface area contributed by atoms with Crippen LogP contribution in [0.1, 0.15) is 46.0 Å². The molecule has 2 aliphatic rings. The number of likely N-dealkylation sites (tertiary alicyclic amines) is 1. The maximum Gasteiger partial charge on any atom is 0.317 e. The van der Waals surface area contributed by atoms with Gasteiger partial charge in [-0.05, 0) is 31.1 Å². The van der Waals surface area contributed by atoms with E-state index in [0.29, 0.717) is 45.0 Å². The number of carboxylic acids is 1. The van der Waals surface area contributed by atoms with Gasteiger partial charge in [0.15, 0.2) is 0 Å². The molecule has 0 radical (unpaired) electrons. The number of carbonyl (C=O) groups excluding carboxylic acids is 2. The van der Waals surface area contributed by atoms with Crippen LogP contribution in [0.5, 0.6) is 0 Å². The fourth-order valence-corrected chi connectivity index (χ4v) is 3.61. The van der Waals surface area contributed by atoms with Crippen molar-refractivity contribution in [2.75, 3.05) is 32.8 Å². The second-order valence-electron chi connectivity index (χ2n) is 7.94. The topological polar surface area (TPSA) is 108 Å². The molecule has 0 aromatic heterocycles. The predicted octanol–water partition coefficient (Wildman–Crippen LogP) is 1.20. The smallest absolute Gasteiger partial charge is 0.317 e. The summed E-state index contributed by atoms with van der Waals surface area (Å²) in [6.45, 7) is 6.68. The van der Waals surface area contributed by atoms with E-state index in [1.54, 1.807) is 4.90 Å². The van der Waals surface area contributed by atoms with Crippen molar-refractivity contribution in [3.8, 4) is 0 Å². The number of nitrogens with one attached hydrogen (secondary N) is 2. The molecule has 2 atom stereocenters. The largest absolute Gasteiger partial charge is 0.481 e. The molecule has 3 amide bonds. The summed E-state index contributed by atoms with van der Waals surface area (Å²) in [5, 5.41) is 14.9. The molecule has 0 aromatic carbocycles. The van der Waals surface area contributed by atoms with Gasteiger partial charge in [-0.2, -0.15) is 0 Å². The van der Waals surface area contributed by atoms with E-state index in [-0.39, 0.29) is 30.9 Å². The van der Waals surface area contributed by atoms with Crippen molar-refractivity contribution in [3.63, 3.8) is 0 Å². The lowest BCUT2D eigenvalue weighted by molar-refractivity contribution is -0.139. The molecule has 148 valence electrons. The van der Waals surface area contributed by atoms with Gasteiger partial charge in [0.2, 0.25) is 5.91 Å². The standard InChI is InChI=1S/C18H31N3O5/c1-13(2)10-19-17(25)21-6-3-4-14(11-21)8-15(22)20-18(9-16(23)24)5-7-26-12-18/h13-14H,3-12H2,1-2H3,(H,19,25)(H,20,22)(H,23,24). The number of urea groups is 1. The summed E-state index contributed by atoms with van der Waals surface area (Å²) in [4.78, 5) is 37.6. The average Bonchev–Trinajstić information content (AvgIpc) is 2.99. The third kappa shape index (κ3) is 6.16. The Labute approximate surface area is 154 Å². The van der Waals surface area contributed by atoms with Crippen LogP contribution in [-0.4, -0.2) is 66.3 Å². The summed E-state index contributed by atoms with van der Waals surface area (Å²) < 4.78 is 5.31. The average molecular weight is 369 g/mol. The van der Waals surface area contributed by atoms with Crippen LogP contribution in [0, 0.1) is 11.8 Å². The Balaban J connectivity index is 1.84. The molecule has 2 unspecified atom stereocenters. The molecule has 2 heterocycles. The lowest BCUT2D eigenvalue weighted by Crippen LogP contribution is -2.52. The van der Waals surface area contributed by atoms with E-state index in [1.807, 2.05) is 13.8 Å². The fourth-order valence-electron chi connectivity index (χ4n) is 3.61. The van der Waals surface area contributed by atoms with Crippen LogP contribution < -0.4 is 10.6 Å². The summed E-state index contributed by atoms with van der Waals surface area (Å²) in [5.41, 5.74) is -0.800. The zero-order valence-electron chi connectivity index (χ0n) is 15.8. The van der Waals surface area contributed by atoms with Gasteiger partial charge in [0.1, 0.15) is 0 Å². The number of piperidine rings is 1. The van der Waals surface area contributed by atoms with Gasteiger partial charge in [-0.1, -0.05) is 13.8 Å². The lowest BCUT2D eigenvalue weighted by Gasteiger charge is -2.34. The van der Waals surface area contributed by atoms with Gasteiger partial charge >= 0.3 is 12.0 Å². The highest BCUT2D eigenvalue weighted by molar-refractivity contribution is 5.79. The highest BCUT2D eigenvalue weighted by Gasteiger charge is 2.39. The van der Waals surface area contributed by atoms with Crippen LogP contribution in [0.15, 0.2) is 0 Å². The van der Waals surface area contributed by atoms with Gasteiger partial charge in [-0.3, -0.25) is 9.59 Å². The monoisotopic (exact) mass is 369 g/mol. The van der Waals surface area contributed by atoms with Crippen molar-refractivity contribution in [2.45, 2.75) is 51.5 Å². The molecule has 2 saturated heterocycles. The van der Waals surface area contributed by atoms with Crippen molar-refractivity contribution in [1.82, 2.24) is 15.5 Å². The summed E-state index contributed by atoms with van der Waals surface area (Å²) in [6, 6.07) is -0.0738. The summed E-state index contributed by atoms with van der Waals surface area (Å²) in [6.07, 6.45) is 2.45. The van der Waals surface area contributed by atoms with Gasteiger partial charge in [0.05, 0.1) is 18.6 Å². The normalized spacial score (nSPS) is 26.0. The molecule has 0 aliphatic carbocycles. The second kappa shape index (κ2) is 9.21. The third-order valence-corrected chi connectivity index (χ3v) is 4.94. The maximum absolute atomic E-state index is 12.5. The van der Waals surface area contributed by atoms with Gasteiger partial charge in [0, 0.05) is 32.7 Å². The van der Waals surface area contributed by atoms with E-state index in [0.717, 1.165) is 12.8 Å². The first-order chi connectivity index (χ1) is 12.3. The quantitative estimate of drug-likeness (QED) is 0.625. The van der Waals surface area contributed by atoms with Crippen LogP contribution >= 0.6 is 0 Å². The first-order valence-corrected chi connectivity index (χ1v) is 9.43. The van der Waals surface area contributed by atoms with Crippen LogP contribution in [-0.2, 0) is 14.3 Å². The van der Waals surface area contributed by atoms with E-state index < -0.39 is 11.5 Å². The number of rotatable bonds is 7. The zero-order valence-corrected chi connectivity index (χ0v) is 15.8. The summed E-state index contributed by atoms with van der Waals surface area (Å²) in [7, 11) is 0. The van der Waals surface area contributed by atoms with Crippen LogP contribution in [0.3, 0.4) is 0 Å². The van der Waals surface area contributed by atoms with Crippen molar-refractivity contribution >= 4 is 17.9 Å². The number of aliphatic carboxylic acids is 1. The van der Waals surface area contributed by atoms with Gasteiger partial charge in [-0.25, -0.2) is 4.79 Å². The van der Waals surface area contributed by atoms with Crippen LogP contribution in [0.2, 0.25) is 0 Å². The van der Waals surface area contributed by atoms with E-state index in [1.165, 1.54) is 0 Å². The van der Waals surface area contributed by atoms with E-state index in [9.17, 15) is 14.4 Å². The first-order valence-electron chi connectivity index (χ1n) is 9.43. The Kier molecular flexibility index (Phi) is 7.25. The Morgan fingerprint density at radius 1 is 1.35 bits per heavy atom.